The van der Waals surface area contributed by atoms with Crippen molar-refractivity contribution in [3.05, 3.63) is 59.1 Å². The molecule has 2 aromatic heterocycles. The molecule has 1 saturated heterocycles. The first-order valence-electron chi connectivity index (χ1n) is 7.57. The standard InChI is InChI=1S/C16H15N5O2S/c22-16(13-9-24-11-18-13)20-6-7-23-8-14(20)15-17-10-19-21(15)12-4-2-1-3-5-12/h1-5,9-11,14H,6-8H2. The van der Waals surface area contributed by atoms with Crippen molar-refractivity contribution in [2.24, 2.45) is 0 Å². The topological polar surface area (TPSA) is 73.1 Å². The van der Waals surface area contributed by atoms with E-state index in [-0.39, 0.29) is 11.9 Å². The number of rotatable bonds is 3. The fourth-order valence-corrected chi connectivity index (χ4v) is 3.30. The maximum atomic E-state index is 12.8. The molecule has 0 bridgehead atoms. The van der Waals surface area contributed by atoms with Gasteiger partial charge in [0.05, 0.1) is 24.4 Å². The van der Waals surface area contributed by atoms with Crippen molar-refractivity contribution in [2.75, 3.05) is 19.8 Å². The summed E-state index contributed by atoms with van der Waals surface area (Å²) >= 11 is 1.41. The number of hydrogen-bond acceptors (Lipinski definition) is 6. The van der Waals surface area contributed by atoms with Gasteiger partial charge in [-0.15, -0.1) is 11.3 Å². The van der Waals surface area contributed by atoms with Crippen LogP contribution in [0.2, 0.25) is 0 Å². The molecule has 4 rings (SSSR count). The van der Waals surface area contributed by atoms with Crippen molar-refractivity contribution in [2.45, 2.75) is 6.04 Å². The highest BCUT2D eigenvalue weighted by Crippen LogP contribution is 2.26. The molecule has 1 amide bonds. The summed E-state index contributed by atoms with van der Waals surface area (Å²) in [4.78, 5) is 23.1. The number of nitrogens with zero attached hydrogens (tertiary/aromatic N) is 5. The zero-order valence-corrected chi connectivity index (χ0v) is 13.6. The van der Waals surface area contributed by atoms with Crippen LogP contribution in [0, 0.1) is 0 Å². The highest BCUT2D eigenvalue weighted by Gasteiger charge is 2.33. The number of hydrogen-bond donors (Lipinski definition) is 0. The van der Waals surface area contributed by atoms with E-state index < -0.39 is 0 Å². The first kappa shape index (κ1) is 15.0. The number of carbonyl (C=O) groups is 1. The van der Waals surface area contributed by atoms with E-state index >= 15 is 0 Å². The van der Waals surface area contributed by atoms with Crippen molar-refractivity contribution in [1.82, 2.24) is 24.6 Å². The lowest BCUT2D eigenvalue weighted by Crippen LogP contribution is -2.44. The minimum Gasteiger partial charge on any atom is -0.377 e. The van der Waals surface area contributed by atoms with Gasteiger partial charge in [-0.25, -0.2) is 14.6 Å². The first-order chi connectivity index (χ1) is 11.8. The summed E-state index contributed by atoms with van der Waals surface area (Å²) in [5.74, 6) is 0.580. The minimum atomic E-state index is -0.296. The number of para-hydroxylation sites is 1. The third-order valence-corrected chi connectivity index (χ3v) is 4.50. The molecule has 3 heterocycles. The Kier molecular flexibility index (Phi) is 4.06. The summed E-state index contributed by atoms with van der Waals surface area (Å²) in [6.07, 6.45) is 1.50. The monoisotopic (exact) mass is 341 g/mol. The van der Waals surface area contributed by atoms with Crippen LogP contribution < -0.4 is 0 Å². The van der Waals surface area contributed by atoms with Crippen LogP contribution in [0.15, 0.2) is 47.5 Å². The largest absolute Gasteiger partial charge is 0.377 e. The molecule has 1 aromatic carbocycles. The Morgan fingerprint density at radius 2 is 2.12 bits per heavy atom. The van der Waals surface area contributed by atoms with Gasteiger partial charge in [-0.05, 0) is 12.1 Å². The maximum Gasteiger partial charge on any atom is 0.274 e. The van der Waals surface area contributed by atoms with Crippen molar-refractivity contribution >= 4 is 17.2 Å². The molecule has 0 aliphatic carbocycles. The number of aromatic nitrogens is 4. The van der Waals surface area contributed by atoms with Gasteiger partial charge in [-0.3, -0.25) is 4.79 Å². The van der Waals surface area contributed by atoms with E-state index in [1.807, 2.05) is 30.3 Å². The Hall–Kier alpha value is -2.58. The van der Waals surface area contributed by atoms with Crippen LogP contribution >= 0.6 is 11.3 Å². The van der Waals surface area contributed by atoms with E-state index in [0.717, 1.165) is 5.69 Å². The molecule has 3 aromatic rings. The van der Waals surface area contributed by atoms with Gasteiger partial charge in [0.25, 0.3) is 5.91 Å². The third kappa shape index (κ3) is 2.70. The average molecular weight is 341 g/mol. The Labute approximate surface area is 142 Å². The van der Waals surface area contributed by atoms with Gasteiger partial charge in [-0.2, -0.15) is 5.10 Å². The fourth-order valence-electron chi connectivity index (χ4n) is 2.77. The van der Waals surface area contributed by atoms with Crippen molar-refractivity contribution in [3.8, 4) is 5.69 Å². The van der Waals surface area contributed by atoms with Crippen molar-refractivity contribution < 1.29 is 9.53 Å². The summed E-state index contributed by atoms with van der Waals surface area (Å²) in [7, 11) is 0. The highest BCUT2D eigenvalue weighted by molar-refractivity contribution is 7.07. The van der Waals surface area contributed by atoms with Crippen LogP contribution in [0.5, 0.6) is 0 Å². The predicted molar refractivity (Wildman–Crippen MR) is 88.1 cm³/mol. The van der Waals surface area contributed by atoms with Crippen molar-refractivity contribution in [1.29, 1.82) is 0 Å². The van der Waals surface area contributed by atoms with E-state index in [4.69, 9.17) is 4.74 Å². The second kappa shape index (κ2) is 6.50. The van der Waals surface area contributed by atoms with E-state index in [1.54, 1.807) is 20.5 Å². The molecule has 0 spiro atoms. The normalized spacial score (nSPS) is 17.8. The summed E-state index contributed by atoms with van der Waals surface area (Å²) in [6.45, 7) is 1.40. The molecule has 1 aliphatic heterocycles. The second-order valence-electron chi connectivity index (χ2n) is 5.33. The number of amides is 1. The van der Waals surface area contributed by atoms with Gasteiger partial charge >= 0.3 is 0 Å². The Bertz CT molecular complexity index is 818. The van der Waals surface area contributed by atoms with Gasteiger partial charge < -0.3 is 9.64 Å². The van der Waals surface area contributed by atoms with Gasteiger partial charge in [0, 0.05) is 11.9 Å². The SMILES string of the molecule is O=C(c1cscn1)N1CCOCC1c1ncnn1-c1ccccc1. The quantitative estimate of drug-likeness (QED) is 0.728. The number of ether oxygens (including phenoxy) is 1. The van der Waals surface area contributed by atoms with Gasteiger partial charge in [-0.1, -0.05) is 18.2 Å². The van der Waals surface area contributed by atoms with Crippen LogP contribution in [-0.2, 0) is 4.74 Å². The first-order valence-corrected chi connectivity index (χ1v) is 8.51. The molecule has 7 nitrogen and oxygen atoms in total. The molecule has 1 aliphatic rings. The van der Waals surface area contributed by atoms with Crippen LogP contribution in [0.3, 0.4) is 0 Å². The molecular weight excluding hydrogens is 326 g/mol. The molecule has 1 unspecified atom stereocenters. The van der Waals surface area contributed by atoms with Crippen LogP contribution in [0.4, 0.5) is 0 Å². The molecule has 8 heteroatoms. The van der Waals surface area contributed by atoms with E-state index in [9.17, 15) is 4.79 Å². The van der Waals surface area contributed by atoms with Crippen LogP contribution in [-0.4, -0.2) is 50.3 Å². The highest BCUT2D eigenvalue weighted by atomic mass is 32.1. The summed E-state index contributed by atoms with van der Waals surface area (Å²) in [5, 5.41) is 6.08. The lowest BCUT2D eigenvalue weighted by Gasteiger charge is -2.34. The molecular formula is C16H15N5O2S. The van der Waals surface area contributed by atoms with E-state index in [1.165, 1.54) is 17.7 Å². The van der Waals surface area contributed by atoms with E-state index in [2.05, 4.69) is 15.1 Å². The van der Waals surface area contributed by atoms with Gasteiger partial charge in [0.1, 0.15) is 18.1 Å². The minimum absolute atomic E-state index is 0.104. The van der Waals surface area contributed by atoms with Gasteiger partial charge in [0.15, 0.2) is 5.82 Å². The molecule has 0 radical (unpaired) electrons. The summed E-state index contributed by atoms with van der Waals surface area (Å²) in [6, 6.07) is 9.44. The third-order valence-electron chi connectivity index (χ3n) is 3.91. The van der Waals surface area contributed by atoms with Crippen LogP contribution in [0.25, 0.3) is 5.69 Å². The lowest BCUT2D eigenvalue weighted by molar-refractivity contribution is -0.00605. The average Bonchev–Trinajstić information content (AvgIpc) is 3.33. The lowest BCUT2D eigenvalue weighted by atomic mass is 10.2. The Morgan fingerprint density at radius 1 is 1.25 bits per heavy atom. The van der Waals surface area contributed by atoms with Crippen LogP contribution in [0.1, 0.15) is 22.4 Å². The number of morpholine rings is 1. The maximum absolute atomic E-state index is 12.8. The molecule has 0 saturated carbocycles. The van der Waals surface area contributed by atoms with E-state index in [0.29, 0.717) is 31.3 Å². The predicted octanol–water partition coefficient (Wildman–Crippen LogP) is 1.94. The Balaban J connectivity index is 1.70. The molecule has 0 N–H and O–H groups in total. The smallest absolute Gasteiger partial charge is 0.274 e. The second-order valence-corrected chi connectivity index (χ2v) is 6.05. The molecule has 122 valence electrons. The summed E-state index contributed by atoms with van der Waals surface area (Å²) in [5.41, 5.74) is 3.02. The zero-order chi connectivity index (χ0) is 16.4. The fraction of sp³-hybridized carbons (Fsp3) is 0.250. The van der Waals surface area contributed by atoms with Crippen molar-refractivity contribution in [3.63, 3.8) is 0 Å². The molecule has 24 heavy (non-hydrogen) atoms. The number of thiazole rings is 1. The molecule has 1 atom stereocenters. The number of benzene rings is 1. The molecule has 1 fully saturated rings. The Morgan fingerprint density at radius 3 is 2.92 bits per heavy atom. The van der Waals surface area contributed by atoms with Gasteiger partial charge in [0.2, 0.25) is 0 Å². The summed E-state index contributed by atoms with van der Waals surface area (Å²) < 4.78 is 7.35. The number of carbonyl (C=O) groups excluding carboxylic acids is 1. The zero-order valence-electron chi connectivity index (χ0n) is 12.8.